The third kappa shape index (κ3) is 12.8. The number of ether oxygens (including phenoxy) is 1. The van der Waals surface area contributed by atoms with Crippen LogP contribution in [0.25, 0.3) is 0 Å². The maximum Gasteiger partial charge on any atom is 0.342 e. The Morgan fingerprint density at radius 3 is 2.27 bits per heavy atom. The Kier molecular flexibility index (Phi) is 15.6. The molecule has 6 nitrogen and oxygen atoms in total. The van der Waals surface area contributed by atoms with Crippen LogP contribution in [0.2, 0.25) is 36.3 Å². The molecule has 1 amide bonds. The highest BCUT2D eigenvalue weighted by molar-refractivity contribution is 6.75. The molecule has 0 bridgehead atoms. The zero-order chi connectivity index (χ0) is 36.2. The monoisotopic (exact) mass is 693 g/mol. The number of hydrogen-bond acceptors (Lipinski definition) is 5. The minimum absolute atomic E-state index is 0.0343. The highest BCUT2D eigenvalue weighted by atomic mass is 28.4. The topological polar surface area (TPSA) is 73.9 Å². The van der Waals surface area contributed by atoms with Crippen molar-refractivity contribution in [2.45, 2.75) is 136 Å². The molecule has 0 unspecified atom stereocenters. The van der Waals surface area contributed by atoms with Crippen molar-refractivity contribution >= 4 is 28.5 Å². The van der Waals surface area contributed by atoms with Gasteiger partial charge in [0.15, 0.2) is 8.32 Å². The average molecular weight is 694 g/mol. The molecule has 0 aromatic heterocycles. The Bertz CT molecular complexity index is 1360. The van der Waals surface area contributed by atoms with E-state index in [0.717, 1.165) is 18.4 Å². The van der Waals surface area contributed by atoms with Gasteiger partial charge in [0.05, 0.1) is 6.10 Å². The van der Waals surface area contributed by atoms with E-state index in [2.05, 4.69) is 99.0 Å². The molecular formula is C40H63NO5Si2. The van der Waals surface area contributed by atoms with Gasteiger partial charge < -0.3 is 18.9 Å². The van der Waals surface area contributed by atoms with Crippen LogP contribution >= 0.6 is 0 Å². The summed E-state index contributed by atoms with van der Waals surface area (Å²) >= 11 is 0. The first-order valence-electron chi connectivity index (χ1n) is 17.6. The number of amides is 1. The summed E-state index contributed by atoms with van der Waals surface area (Å²) in [5.41, 5.74) is 1.39. The molecule has 1 heterocycles. The Labute approximate surface area is 294 Å². The van der Waals surface area contributed by atoms with Gasteiger partial charge in [-0.3, -0.25) is 4.79 Å². The van der Waals surface area contributed by atoms with Gasteiger partial charge in [-0.2, -0.15) is 0 Å². The van der Waals surface area contributed by atoms with Crippen LogP contribution in [-0.4, -0.2) is 40.7 Å². The number of cyclic esters (lactones) is 1. The number of allylic oxidation sites excluding steroid dienone is 7. The second-order valence-corrected chi connectivity index (χ2v) is 25.4. The molecule has 0 saturated heterocycles. The molecule has 266 valence electrons. The summed E-state index contributed by atoms with van der Waals surface area (Å²) in [7, 11) is -4.38. The quantitative estimate of drug-likeness (QED) is 0.0821. The van der Waals surface area contributed by atoms with E-state index in [1.807, 2.05) is 48.6 Å². The van der Waals surface area contributed by atoms with Crippen LogP contribution in [0.1, 0.15) is 97.0 Å². The van der Waals surface area contributed by atoms with Crippen LogP contribution < -0.4 is 9.74 Å². The van der Waals surface area contributed by atoms with E-state index in [1.165, 1.54) is 6.08 Å². The van der Waals surface area contributed by atoms with E-state index in [-0.39, 0.29) is 34.0 Å². The van der Waals surface area contributed by atoms with Crippen LogP contribution in [0.3, 0.4) is 0 Å². The predicted molar refractivity (Wildman–Crippen MR) is 206 cm³/mol. The first-order chi connectivity index (χ1) is 22.3. The largest absolute Gasteiger partial charge is 0.543 e. The Balaban J connectivity index is 2.45. The summed E-state index contributed by atoms with van der Waals surface area (Å²) < 4.78 is 20.2. The minimum atomic E-state index is -2.25. The van der Waals surface area contributed by atoms with Crippen molar-refractivity contribution in [2.75, 3.05) is 0 Å². The Hall–Kier alpha value is -2.95. The lowest BCUT2D eigenvalue weighted by molar-refractivity contribution is -0.115. The molecule has 0 fully saturated rings. The number of rotatable bonds is 11. The number of nitrogens with one attached hydrogen (secondary N) is 1. The molecule has 0 radical (unpaired) electrons. The fourth-order valence-electron chi connectivity index (χ4n) is 4.67. The number of hydrogen-bond donors (Lipinski definition) is 1. The lowest BCUT2D eigenvalue weighted by Crippen LogP contribution is -2.46. The second-order valence-electron chi connectivity index (χ2n) is 15.9. The van der Waals surface area contributed by atoms with Gasteiger partial charge in [-0.15, -0.1) is 0 Å². The van der Waals surface area contributed by atoms with E-state index in [4.69, 9.17) is 13.6 Å². The zero-order valence-corrected chi connectivity index (χ0v) is 33.8. The summed E-state index contributed by atoms with van der Waals surface area (Å²) in [6.45, 7) is 26.5. The van der Waals surface area contributed by atoms with Gasteiger partial charge in [-0.1, -0.05) is 116 Å². The van der Waals surface area contributed by atoms with Crippen molar-refractivity contribution in [1.82, 2.24) is 5.32 Å². The molecule has 2 rings (SSSR count). The normalized spacial score (nSPS) is 21.2. The zero-order valence-electron chi connectivity index (χ0n) is 31.8. The van der Waals surface area contributed by atoms with Crippen LogP contribution in [0.15, 0.2) is 79.1 Å². The number of fused-ring (bicyclic) bond motifs is 1. The standard InChI is InChI=1S/C40H63NO5Si2/c1-13-14-15-16-17-18-28-36(42)41-29-22-26-33-30-35(46-48(11,12)40(6,7)8)31(2)23-19-20-24-32-25-21-27-34(37(32)38(43)44-33)45-47(9,10)39(3,4)5/h14-22,25,27-29,31,33,35H,13,23-24,26,30H2,1-12H3,(H,41,42)/b15-14-,17-16-,20-19+,28-18-,29-22+/t31-,33-,35+/m0/s1. The molecule has 1 aromatic carbocycles. The van der Waals surface area contributed by atoms with Crippen molar-refractivity contribution in [3.8, 4) is 5.75 Å². The summed E-state index contributed by atoms with van der Waals surface area (Å²) in [5, 5.41) is 2.80. The smallest absolute Gasteiger partial charge is 0.342 e. The Morgan fingerprint density at radius 2 is 1.62 bits per heavy atom. The molecule has 3 atom stereocenters. The first kappa shape index (κ1) is 41.2. The molecule has 1 aliphatic heterocycles. The van der Waals surface area contributed by atoms with E-state index in [9.17, 15) is 9.59 Å². The van der Waals surface area contributed by atoms with Gasteiger partial charge in [0.2, 0.25) is 5.91 Å². The minimum Gasteiger partial charge on any atom is -0.543 e. The van der Waals surface area contributed by atoms with E-state index in [0.29, 0.717) is 30.6 Å². The van der Waals surface area contributed by atoms with Gasteiger partial charge in [0, 0.05) is 25.1 Å². The average Bonchev–Trinajstić information content (AvgIpc) is 2.96. The fourth-order valence-corrected chi connectivity index (χ4v) is 7.14. The van der Waals surface area contributed by atoms with Crippen LogP contribution in [0, 0.1) is 5.92 Å². The van der Waals surface area contributed by atoms with Gasteiger partial charge in [0.1, 0.15) is 17.4 Å². The third-order valence-corrected chi connectivity index (χ3v) is 18.7. The van der Waals surface area contributed by atoms with E-state index < -0.39 is 22.7 Å². The second kappa shape index (κ2) is 18.2. The first-order valence-corrected chi connectivity index (χ1v) is 23.4. The highest BCUT2D eigenvalue weighted by Gasteiger charge is 2.42. The molecule has 8 heteroatoms. The SMILES string of the molecule is CC\C=C/C=C\C=C/C(=O)N/C=C/C[C@H]1C[C@@H](O[Si](C)(C)C(C)(C)C)[C@@H](C)C/C=C/Cc2cccc(O[Si](C)(C)C(C)(C)C)c2C(=O)O1. The Morgan fingerprint density at radius 1 is 0.958 bits per heavy atom. The molecule has 1 aliphatic rings. The van der Waals surface area contributed by atoms with E-state index in [1.54, 1.807) is 12.3 Å². The third-order valence-electron chi connectivity index (χ3n) is 9.85. The van der Waals surface area contributed by atoms with E-state index >= 15 is 0 Å². The fraction of sp³-hybridized carbons (Fsp3) is 0.550. The van der Waals surface area contributed by atoms with Gasteiger partial charge in [-0.05, 0) is 73.1 Å². The van der Waals surface area contributed by atoms with Crippen molar-refractivity contribution in [2.24, 2.45) is 5.92 Å². The van der Waals surface area contributed by atoms with Crippen molar-refractivity contribution in [1.29, 1.82) is 0 Å². The van der Waals surface area contributed by atoms with Gasteiger partial charge >= 0.3 is 5.97 Å². The molecule has 0 aliphatic carbocycles. The number of esters is 1. The summed E-state index contributed by atoms with van der Waals surface area (Å²) in [6, 6.07) is 5.86. The summed E-state index contributed by atoms with van der Waals surface area (Å²) in [4.78, 5) is 26.6. The van der Waals surface area contributed by atoms with Crippen LogP contribution in [0.5, 0.6) is 5.75 Å². The number of carbonyl (C=O) groups excluding carboxylic acids is 2. The lowest BCUT2D eigenvalue weighted by atomic mass is 9.93. The molecule has 0 saturated carbocycles. The summed E-state index contributed by atoms with van der Waals surface area (Å²) in [6.07, 6.45) is 21.6. The van der Waals surface area contributed by atoms with Crippen molar-refractivity contribution in [3.05, 3.63) is 90.2 Å². The molecule has 1 aromatic rings. The summed E-state index contributed by atoms with van der Waals surface area (Å²) in [5.74, 6) is 0.190. The molecular weight excluding hydrogens is 631 g/mol. The van der Waals surface area contributed by atoms with Crippen LogP contribution in [0.4, 0.5) is 0 Å². The maximum absolute atomic E-state index is 14.2. The molecule has 0 spiro atoms. The molecule has 48 heavy (non-hydrogen) atoms. The predicted octanol–water partition coefficient (Wildman–Crippen LogP) is 10.6. The van der Waals surface area contributed by atoms with Crippen LogP contribution in [-0.2, 0) is 20.4 Å². The van der Waals surface area contributed by atoms with Crippen molar-refractivity contribution < 1.29 is 23.2 Å². The van der Waals surface area contributed by atoms with Gasteiger partial charge in [-0.25, -0.2) is 4.79 Å². The number of carbonyl (C=O) groups is 2. The highest BCUT2D eigenvalue weighted by Crippen LogP contribution is 2.41. The van der Waals surface area contributed by atoms with Crippen molar-refractivity contribution in [3.63, 3.8) is 0 Å². The lowest BCUT2D eigenvalue weighted by Gasteiger charge is -2.41. The van der Waals surface area contributed by atoms with Gasteiger partial charge in [0.25, 0.3) is 8.32 Å². The molecule has 1 N–H and O–H groups in total. The maximum atomic E-state index is 14.2. The number of benzene rings is 1.